The van der Waals surface area contributed by atoms with Crippen molar-refractivity contribution in [2.45, 2.75) is 11.3 Å². The highest BCUT2D eigenvalue weighted by molar-refractivity contribution is 6.14. The molecule has 0 N–H and O–H groups in total. The highest BCUT2D eigenvalue weighted by atomic mass is 14.7. The molecule has 0 radical (unpaired) electrons. The first-order valence-corrected chi connectivity index (χ1v) is 23.2. The maximum Gasteiger partial charge on any atom is 0.0970 e. The molecule has 312 valence electrons. The first kappa shape index (κ1) is 37.8. The van der Waals surface area contributed by atoms with E-state index in [1.165, 1.54) is 76.6 Å². The van der Waals surface area contributed by atoms with Crippen molar-refractivity contribution in [3.8, 4) is 33.5 Å². The van der Waals surface area contributed by atoms with Gasteiger partial charge >= 0.3 is 0 Å². The summed E-state index contributed by atoms with van der Waals surface area (Å²) >= 11 is 0. The second-order valence-electron chi connectivity index (χ2n) is 18.2. The zero-order valence-corrected chi connectivity index (χ0v) is 36.5. The summed E-state index contributed by atoms with van der Waals surface area (Å²) < 4.78 is 0. The fraction of sp³-hybridized carbons (Fsp3) is 0.0469. The van der Waals surface area contributed by atoms with Gasteiger partial charge in [-0.1, -0.05) is 170 Å². The van der Waals surface area contributed by atoms with Gasteiger partial charge in [0.05, 0.1) is 27.7 Å². The Morgan fingerprint density at radius 1 is 0.388 bits per heavy atom. The molecule has 3 heterocycles. The molecule has 0 saturated carbocycles. The Bertz CT molecular complexity index is 4020. The Labute approximate surface area is 388 Å². The average molecular weight is 852 g/mol. The van der Waals surface area contributed by atoms with Crippen molar-refractivity contribution in [2.24, 2.45) is 5.92 Å². The maximum atomic E-state index is 5.50. The van der Waals surface area contributed by atoms with Crippen LogP contribution < -0.4 is 0 Å². The van der Waals surface area contributed by atoms with E-state index in [1.807, 2.05) is 24.5 Å². The molecule has 3 aromatic heterocycles. The lowest BCUT2D eigenvalue weighted by Crippen LogP contribution is -2.35. The topological polar surface area (TPSA) is 38.7 Å². The minimum atomic E-state index is -0.367. The van der Waals surface area contributed by atoms with Crippen LogP contribution in [0.2, 0.25) is 0 Å². The monoisotopic (exact) mass is 851 g/mol. The maximum absolute atomic E-state index is 5.50. The van der Waals surface area contributed by atoms with Crippen LogP contribution in [0.3, 0.4) is 0 Å². The lowest BCUT2D eigenvalue weighted by atomic mass is 9.63. The summed E-state index contributed by atoms with van der Waals surface area (Å²) in [4.78, 5) is 14.9. The summed E-state index contributed by atoms with van der Waals surface area (Å²) in [6.45, 7) is 0. The van der Waals surface area contributed by atoms with Crippen molar-refractivity contribution >= 4 is 65.0 Å². The minimum absolute atomic E-state index is 0.212. The third-order valence-corrected chi connectivity index (χ3v) is 14.8. The zero-order chi connectivity index (χ0) is 44.1. The summed E-state index contributed by atoms with van der Waals surface area (Å²) in [6, 6.07) is 73.8. The van der Waals surface area contributed by atoms with Gasteiger partial charge in [0, 0.05) is 51.3 Å². The second-order valence-corrected chi connectivity index (χ2v) is 18.2. The highest BCUT2D eigenvalue weighted by Gasteiger charge is 2.53. The average Bonchev–Trinajstić information content (AvgIpc) is 3.70. The van der Waals surface area contributed by atoms with Gasteiger partial charge in [0.15, 0.2) is 0 Å². The number of fused-ring (bicyclic) bond motifs is 12. The Kier molecular flexibility index (Phi) is 8.32. The standard InChI is InChI=1S/C64H41N3/c1-3-17-47(18-4-1)64(48-19-5-2-6-20-48)58-24-9-7-21-51(58)56-38-57-55(39-59(56)64)52-22-8-10-25-60(52)67-61(57)45-15-11-14-40(35-45)41-28-30-49-42(34-41)26-27-43-36-44(29-31-50(43)49)54-37-46-16-12-32-65-62(46)63-53(54)23-13-33-66-63/h1-39,51,58H. The highest BCUT2D eigenvalue weighted by Crippen LogP contribution is 2.60. The molecule has 0 fully saturated rings. The van der Waals surface area contributed by atoms with Crippen LogP contribution in [0.4, 0.5) is 0 Å². The molecule has 0 amide bonds. The van der Waals surface area contributed by atoms with Crippen LogP contribution in [-0.4, -0.2) is 15.0 Å². The van der Waals surface area contributed by atoms with Crippen LogP contribution in [0.25, 0.3) is 98.5 Å². The van der Waals surface area contributed by atoms with E-state index >= 15 is 0 Å². The third kappa shape index (κ3) is 5.68. The number of para-hydroxylation sites is 1. The van der Waals surface area contributed by atoms with E-state index in [0.29, 0.717) is 0 Å². The van der Waals surface area contributed by atoms with E-state index in [9.17, 15) is 0 Å². The largest absolute Gasteiger partial charge is 0.254 e. The number of allylic oxidation sites excluding steroid dienone is 4. The number of pyridine rings is 3. The van der Waals surface area contributed by atoms with Crippen molar-refractivity contribution in [1.82, 2.24) is 15.0 Å². The van der Waals surface area contributed by atoms with Crippen LogP contribution in [0.1, 0.15) is 28.2 Å². The number of rotatable bonds is 5. The molecule has 0 aliphatic heterocycles. The van der Waals surface area contributed by atoms with Crippen LogP contribution in [0.15, 0.2) is 237 Å². The molecule has 3 heteroatoms. The second kappa shape index (κ2) is 14.7. The van der Waals surface area contributed by atoms with E-state index in [4.69, 9.17) is 9.97 Å². The van der Waals surface area contributed by atoms with Gasteiger partial charge in [-0.3, -0.25) is 9.97 Å². The molecule has 0 bridgehead atoms. The Morgan fingerprint density at radius 2 is 1.04 bits per heavy atom. The number of nitrogens with zero attached hydrogens (tertiary/aromatic N) is 3. The molecular weight excluding hydrogens is 811 g/mol. The summed E-state index contributed by atoms with van der Waals surface area (Å²) in [5.41, 5.74) is 14.7. The number of aromatic nitrogens is 3. The van der Waals surface area contributed by atoms with E-state index < -0.39 is 0 Å². The van der Waals surface area contributed by atoms with Crippen molar-refractivity contribution in [2.75, 3.05) is 0 Å². The molecule has 0 spiro atoms. The number of hydrogen-bond acceptors (Lipinski definition) is 3. The van der Waals surface area contributed by atoms with Gasteiger partial charge in [0.2, 0.25) is 0 Å². The van der Waals surface area contributed by atoms with E-state index in [2.05, 4.69) is 217 Å². The summed E-state index contributed by atoms with van der Waals surface area (Å²) in [5.74, 6) is 0.427. The quantitative estimate of drug-likeness (QED) is 0.162. The first-order chi connectivity index (χ1) is 33.2. The van der Waals surface area contributed by atoms with Crippen molar-refractivity contribution in [3.63, 3.8) is 0 Å². The number of hydrogen-bond donors (Lipinski definition) is 0. The van der Waals surface area contributed by atoms with Crippen LogP contribution in [0.5, 0.6) is 0 Å². The van der Waals surface area contributed by atoms with Crippen molar-refractivity contribution < 1.29 is 0 Å². The van der Waals surface area contributed by atoms with Gasteiger partial charge in [-0.25, -0.2) is 4.98 Å². The van der Waals surface area contributed by atoms with E-state index in [0.717, 1.165) is 44.1 Å². The normalized spacial score (nSPS) is 16.1. The summed E-state index contributed by atoms with van der Waals surface area (Å²) in [5, 5.41) is 10.7. The summed E-state index contributed by atoms with van der Waals surface area (Å²) in [7, 11) is 0. The predicted octanol–water partition coefficient (Wildman–Crippen LogP) is 16.0. The lowest BCUT2D eigenvalue weighted by molar-refractivity contribution is 0.457. The molecule has 2 aliphatic carbocycles. The predicted molar refractivity (Wildman–Crippen MR) is 278 cm³/mol. The molecular formula is C64H41N3. The van der Waals surface area contributed by atoms with E-state index in [-0.39, 0.29) is 17.3 Å². The molecule has 9 aromatic carbocycles. The molecule has 0 saturated heterocycles. The zero-order valence-electron chi connectivity index (χ0n) is 36.5. The molecule has 2 unspecified atom stereocenters. The van der Waals surface area contributed by atoms with E-state index in [1.54, 1.807) is 0 Å². The number of benzene rings is 9. The smallest absolute Gasteiger partial charge is 0.0970 e. The van der Waals surface area contributed by atoms with Crippen LogP contribution in [0, 0.1) is 5.92 Å². The van der Waals surface area contributed by atoms with Gasteiger partial charge in [-0.2, -0.15) is 0 Å². The fourth-order valence-electron chi connectivity index (χ4n) is 11.9. The Morgan fingerprint density at radius 3 is 1.85 bits per heavy atom. The Balaban J connectivity index is 0.899. The molecule has 14 rings (SSSR count). The van der Waals surface area contributed by atoms with Crippen molar-refractivity contribution in [3.05, 3.63) is 259 Å². The van der Waals surface area contributed by atoms with Crippen LogP contribution in [-0.2, 0) is 5.41 Å². The molecule has 2 atom stereocenters. The van der Waals surface area contributed by atoms with Gasteiger partial charge < -0.3 is 0 Å². The molecule has 3 nitrogen and oxygen atoms in total. The van der Waals surface area contributed by atoms with Crippen LogP contribution >= 0.6 is 0 Å². The lowest BCUT2D eigenvalue weighted by Gasteiger charge is -2.38. The molecule has 2 aliphatic rings. The molecule has 67 heavy (non-hydrogen) atoms. The summed E-state index contributed by atoms with van der Waals surface area (Å²) in [6.07, 6.45) is 13.0. The minimum Gasteiger partial charge on any atom is -0.254 e. The van der Waals surface area contributed by atoms with Crippen molar-refractivity contribution in [1.29, 1.82) is 0 Å². The van der Waals surface area contributed by atoms with Gasteiger partial charge in [0.1, 0.15) is 0 Å². The van der Waals surface area contributed by atoms with Gasteiger partial charge in [-0.05, 0) is 126 Å². The van der Waals surface area contributed by atoms with Gasteiger partial charge in [-0.15, -0.1) is 0 Å². The fourth-order valence-corrected chi connectivity index (χ4v) is 11.9. The Hall–Kier alpha value is -8.53. The van der Waals surface area contributed by atoms with Gasteiger partial charge in [0.25, 0.3) is 0 Å². The molecule has 12 aromatic rings. The first-order valence-electron chi connectivity index (χ1n) is 23.2. The third-order valence-electron chi connectivity index (χ3n) is 14.8. The SMILES string of the molecule is C1=CC2c3cc4c(-c5cccc(-c6ccc7c(ccc8cc(-c9cc%10cccnc%10c%10ncccc9%10)ccc87)c6)c5)nc5ccccc5c4cc3C(c3ccccc3)(c3ccccc3)C2C=C1.